The molecule has 0 saturated carbocycles. The lowest BCUT2D eigenvalue weighted by Gasteiger charge is -2.15. The van der Waals surface area contributed by atoms with Gasteiger partial charge in [-0.1, -0.05) is 20.8 Å². The summed E-state index contributed by atoms with van der Waals surface area (Å²) < 4.78 is 0. The quantitative estimate of drug-likeness (QED) is 0.749. The van der Waals surface area contributed by atoms with E-state index in [1.807, 2.05) is 0 Å². The Hall–Kier alpha value is -0.340. The smallest absolute Gasteiger partial charge is 0.0479 e. The summed E-state index contributed by atoms with van der Waals surface area (Å²) in [6.45, 7) is 6.88. The number of aliphatic hydroxyl groups excluding tert-OH is 1. The van der Waals surface area contributed by atoms with Crippen molar-refractivity contribution < 1.29 is 5.11 Å². The molecule has 0 aliphatic rings. The Morgan fingerprint density at radius 3 is 2.42 bits per heavy atom. The minimum Gasteiger partial charge on any atom is -0.396 e. The first-order valence-electron chi connectivity index (χ1n) is 4.24. The number of hydrogen-bond donors (Lipinski definition) is 1. The van der Waals surface area contributed by atoms with E-state index in [9.17, 15) is 0 Å². The van der Waals surface area contributed by atoms with Gasteiger partial charge < -0.3 is 5.11 Å². The van der Waals surface area contributed by atoms with Crippen molar-refractivity contribution in [3.8, 4) is 0 Å². The van der Waals surface area contributed by atoms with Crippen LogP contribution in [0.25, 0.3) is 0 Å². The average Bonchev–Trinajstić information content (AvgIpc) is 2.35. The summed E-state index contributed by atoms with van der Waals surface area (Å²) in [7, 11) is 0. The fraction of sp³-hybridized carbons (Fsp3) is 0.600. The van der Waals surface area contributed by atoms with Gasteiger partial charge in [-0.2, -0.15) is 0 Å². The van der Waals surface area contributed by atoms with E-state index in [1.54, 1.807) is 11.3 Å². The van der Waals surface area contributed by atoms with Gasteiger partial charge in [-0.05, 0) is 17.5 Å². The molecule has 1 rings (SSSR count). The standard InChI is InChI=1S/C10H16OS/c1-10(2,3)9-5-4-8(12-9)6-7-11/h4-5,11H,6-7H2,1-3H3. The van der Waals surface area contributed by atoms with Gasteiger partial charge in [-0.3, -0.25) is 0 Å². The van der Waals surface area contributed by atoms with E-state index in [1.165, 1.54) is 9.75 Å². The van der Waals surface area contributed by atoms with Gasteiger partial charge in [0.2, 0.25) is 0 Å². The maximum Gasteiger partial charge on any atom is 0.0479 e. The van der Waals surface area contributed by atoms with E-state index in [0.717, 1.165) is 6.42 Å². The van der Waals surface area contributed by atoms with Crippen LogP contribution >= 0.6 is 11.3 Å². The molecule has 0 radical (unpaired) electrons. The van der Waals surface area contributed by atoms with Gasteiger partial charge in [0, 0.05) is 22.8 Å². The maximum absolute atomic E-state index is 8.74. The highest BCUT2D eigenvalue weighted by Gasteiger charge is 2.15. The number of aliphatic hydroxyl groups is 1. The molecule has 0 bridgehead atoms. The molecule has 1 heterocycles. The second-order valence-corrected chi connectivity index (χ2v) is 5.16. The van der Waals surface area contributed by atoms with Crippen LogP contribution < -0.4 is 0 Å². The van der Waals surface area contributed by atoms with E-state index in [4.69, 9.17) is 5.11 Å². The fourth-order valence-corrected chi connectivity index (χ4v) is 2.08. The highest BCUT2D eigenvalue weighted by molar-refractivity contribution is 7.12. The minimum atomic E-state index is 0.248. The molecule has 0 amide bonds. The molecule has 0 aliphatic carbocycles. The van der Waals surface area contributed by atoms with Crippen LogP contribution in [0.15, 0.2) is 12.1 Å². The second-order valence-electron chi connectivity index (χ2n) is 3.99. The van der Waals surface area contributed by atoms with Crippen LogP contribution in [0.2, 0.25) is 0 Å². The summed E-state index contributed by atoms with van der Waals surface area (Å²) in [4.78, 5) is 2.67. The molecular formula is C10H16OS. The third-order valence-electron chi connectivity index (χ3n) is 1.76. The van der Waals surface area contributed by atoms with Crippen molar-refractivity contribution in [3.63, 3.8) is 0 Å². The van der Waals surface area contributed by atoms with Crippen molar-refractivity contribution >= 4 is 11.3 Å². The SMILES string of the molecule is CC(C)(C)c1ccc(CCO)s1. The first-order chi connectivity index (χ1) is 5.54. The lowest BCUT2D eigenvalue weighted by atomic mass is 9.95. The van der Waals surface area contributed by atoms with E-state index >= 15 is 0 Å². The molecule has 0 unspecified atom stereocenters. The van der Waals surface area contributed by atoms with E-state index < -0.39 is 0 Å². The Labute approximate surface area is 78.1 Å². The Morgan fingerprint density at radius 1 is 1.33 bits per heavy atom. The van der Waals surface area contributed by atoms with Crippen molar-refractivity contribution in [2.75, 3.05) is 6.61 Å². The molecule has 1 N–H and O–H groups in total. The van der Waals surface area contributed by atoms with Gasteiger partial charge in [-0.15, -0.1) is 11.3 Å². The Bertz CT molecular complexity index is 245. The van der Waals surface area contributed by atoms with Crippen LogP contribution in [0.5, 0.6) is 0 Å². The van der Waals surface area contributed by atoms with Gasteiger partial charge in [0.15, 0.2) is 0 Å². The highest BCUT2D eigenvalue weighted by Crippen LogP contribution is 2.29. The monoisotopic (exact) mass is 184 g/mol. The van der Waals surface area contributed by atoms with Gasteiger partial charge >= 0.3 is 0 Å². The van der Waals surface area contributed by atoms with Gasteiger partial charge in [0.05, 0.1) is 0 Å². The Balaban J connectivity index is 2.77. The van der Waals surface area contributed by atoms with Crippen LogP contribution in [-0.4, -0.2) is 11.7 Å². The predicted molar refractivity (Wildman–Crippen MR) is 53.8 cm³/mol. The second kappa shape index (κ2) is 3.58. The van der Waals surface area contributed by atoms with Crippen molar-refractivity contribution in [1.29, 1.82) is 0 Å². The van der Waals surface area contributed by atoms with Crippen LogP contribution in [0.3, 0.4) is 0 Å². The predicted octanol–water partition coefficient (Wildman–Crippen LogP) is 2.58. The van der Waals surface area contributed by atoms with Crippen LogP contribution in [0, 0.1) is 0 Å². The van der Waals surface area contributed by atoms with Crippen LogP contribution in [-0.2, 0) is 11.8 Å². The Kier molecular flexibility index (Phi) is 2.91. The zero-order chi connectivity index (χ0) is 9.19. The van der Waals surface area contributed by atoms with E-state index in [2.05, 4.69) is 32.9 Å². The molecule has 0 aliphatic heterocycles. The topological polar surface area (TPSA) is 20.2 Å². The molecule has 0 spiro atoms. The minimum absolute atomic E-state index is 0.248. The third kappa shape index (κ3) is 2.32. The lowest BCUT2D eigenvalue weighted by molar-refractivity contribution is 0.300. The highest BCUT2D eigenvalue weighted by atomic mass is 32.1. The molecule has 12 heavy (non-hydrogen) atoms. The normalized spacial score (nSPS) is 12.0. The van der Waals surface area contributed by atoms with Crippen LogP contribution in [0.4, 0.5) is 0 Å². The molecule has 1 aromatic rings. The number of hydrogen-bond acceptors (Lipinski definition) is 2. The number of thiophene rings is 1. The van der Waals surface area contributed by atoms with Crippen molar-refractivity contribution in [1.82, 2.24) is 0 Å². The number of rotatable bonds is 2. The Morgan fingerprint density at radius 2 is 2.00 bits per heavy atom. The van der Waals surface area contributed by atoms with Crippen molar-refractivity contribution in [2.45, 2.75) is 32.6 Å². The van der Waals surface area contributed by atoms with Gasteiger partial charge in [0.1, 0.15) is 0 Å². The summed E-state index contributed by atoms with van der Waals surface area (Å²) in [5.41, 5.74) is 0.248. The molecular weight excluding hydrogens is 168 g/mol. The van der Waals surface area contributed by atoms with E-state index in [-0.39, 0.29) is 12.0 Å². The van der Waals surface area contributed by atoms with E-state index in [0.29, 0.717) is 0 Å². The summed E-state index contributed by atoms with van der Waals surface area (Å²) in [6, 6.07) is 4.27. The summed E-state index contributed by atoms with van der Waals surface area (Å²) >= 11 is 1.80. The zero-order valence-corrected chi connectivity index (χ0v) is 8.74. The molecule has 1 nitrogen and oxygen atoms in total. The van der Waals surface area contributed by atoms with Crippen molar-refractivity contribution in [3.05, 3.63) is 21.9 Å². The lowest BCUT2D eigenvalue weighted by Crippen LogP contribution is -2.07. The largest absolute Gasteiger partial charge is 0.396 e. The molecule has 1 aromatic heterocycles. The molecule has 0 saturated heterocycles. The summed E-state index contributed by atoms with van der Waals surface area (Å²) in [6.07, 6.45) is 0.792. The first-order valence-corrected chi connectivity index (χ1v) is 5.06. The molecule has 2 heteroatoms. The zero-order valence-electron chi connectivity index (χ0n) is 7.92. The molecule has 0 fully saturated rings. The molecule has 0 aromatic carbocycles. The summed E-state index contributed by atoms with van der Waals surface area (Å²) in [5, 5.41) is 8.74. The average molecular weight is 184 g/mol. The fourth-order valence-electron chi connectivity index (χ4n) is 1.03. The van der Waals surface area contributed by atoms with Gasteiger partial charge in [-0.25, -0.2) is 0 Å². The molecule has 68 valence electrons. The van der Waals surface area contributed by atoms with Gasteiger partial charge in [0.25, 0.3) is 0 Å². The van der Waals surface area contributed by atoms with Crippen LogP contribution in [0.1, 0.15) is 30.5 Å². The maximum atomic E-state index is 8.74. The van der Waals surface area contributed by atoms with Crippen molar-refractivity contribution in [2.24, 2.45) is 0 Å². The summed E-state index contributed by atoms with van der Waals surface area (Å²) in [5.74, 6) is 0. The third-order valence-corrected chi connectivity index (χ3v) is 3.33. The first kappa shape index (κ1) is 9.75. The molecule has 0 atom stereocenters.